The van der Waals surface area contributed by atoms with E-state index in [1.54, 1.807) is 0 Å². The van der Waals surface area contributed by atoms with Gasteiger partial charge in [0.1, 0.15) is 0 Å². The molecule has 0 fully saturated rings. The summed E-state index contributed by atoms with van der Waals surface area (Å²) >= 11 is 0. The van der Waals surface area contributed by atoms with Crippen LogP contribution in [0.3, 0.4) is 0 Å². The highest BCUT2D eigenvalue weighted by molar-refractivity contribution is 5.35. The Bertz CT molecular complexity index is 287. The molecule has 0 amide bonds. The van der Waals surface area contributed by atoms with Crippen LogP contribution in [0.2, 0.25) is 0 Å². The Morgan fingerprint density at radius 1 is 1.07 bits per heavy atom. The topological polar surface area (TPSA) is 0 Å². The molecule has 14 heavy (non-hydrogen) atoms. The second-order valence-electron chi connectivity index (χ2n) is 3.68. The summed E-state index contributed by atoms with van der Waals surface area (Å²) in [6.07, 6.45) is 8.08. The zero-order valence-corrected chi connectivity index (χ0v) is 9.51. The molecule has 0 saturated heterocycles. The molecule has 0 spiro atoms. The van der Waals surface area contributed by atoms with Crippen LogP contribution in [0, 0.1) is 5.92 Å². The molecule has 0 aromatic carbocycles. The van der Waals surface area contributed by atoms with E-state index in [0.717, 1.165) is 11.1 Å². The van der Waals surface area contributed by atoms with Crippen LogP contribution in [-0.4, -0.2) is 0 Å². The highest BCUT2D eigenvalue weighted by atomic mass is 14.0. The van der Waals surface area contributed by atoms with Crippen LogP contribution in [0.5, 0.6) is 0 Å². The maximum absolute atomic E-state index is 3.89. The Kier molecular flexibility index (Phi) is 5.62. The molecule has 0 rings (SSSR count). The van der Waals surface area contributed by atoms with E-state index in [1.165, 1.54) is 5.57 Å². The van der Waals surface area contributed by atoms with Crippen LogP contribution in [0.4, 0.5) is 0 Å². The van der Waals surface area contributed by atoms with E-state index in [1.807, 2.05) is 32.1 Å². The minimum Gasteiger partial charge on any atom is -0.0996 e. The Morgan fingerprint density at radius 3 is 2.07 bits per heavy atom. The van der Waals surface area contributed by atoms with Gasteiger partial charge in [-0.15, -0.1) is 0 Å². The normalized spacial score (nSPS) is 13.4. The third-order valence-corrected chi connectivity index (χ3v) is 2.13. The zero-order valence-electron chi connectivity index (χ0n) is 9.51. The largest absolute Gasteiger partial charge is 0.0996 e. The van der Waals surface area contributed by atoms with Gasteiger partial charge in [0, 0.05) is 0 Å². The van der Waals surface area contributed by atoms with Gasteiger partial charge in [0.05, 0.1) is 0 Å². The Labute approximate surface area is 88.0 Å². The zero-order chi connectivity index (χ0) is 11.1. The first-order chi connectivity index (χ1) is 6.45. The van der Waals surface area contributed by atoms with Crippen LogP contribution in [-0.2, 0) is 0 Å². The van der Waals surface area contributed by atoms with Crippen molar-refractivity contribution in [2.75, 3.05) is 0 Å². The summed E-state index contributed by atoms with van der Waals surface area (Å²) in [6.45, 7) is 17.7. The summed E-state index contributed by atoms with van der Waals surface area (Å²) in [4.78, 5) is 0. The van der Waals surface area contributed by atoms with Gasteiger partial charge in [-0.1, -0.05) is 62.1 Å². The minimum absolute atomic E-state index is 0.428. The molecule has 0 N–H and O–H groups in total. The Morgan fingerprint density at radius 2 is 1.64 bits per heavy atom. The second-order valence-corrected chi connectivity index (χ2v) is 3.68. The molecule has 0 saturated carbocycles. The van der Waals surface area contributed by atoms with Crippen molar-refractivity contribution in [3.05, 3.63) is 60.8 Å². The first-order valence-corrected chi connectivity index (χ1v) is 4.80. The number of allylic oxidation sites excluding steroid dienone is 7. The van der Waals surface area contributed by atoms with E-state index in [9.17, 15) is 0 Å². The van der Waals surface area contributed by atoms with E-state index in [2.05, 4.69) is 32.7 Å². The monoisotopic (exact) mass is 188 g/mol. The van der Waals surface area contributed by atoms with Crippen LogP contribution in [0.15, 0.2) is 60.8 Å². The maximum Gasteiger partial charge on any atom is -0.00540 e. The number of hydrogen-bond donors (Lipinski definition) is 0. The molecule has 0 heteroatoms. The van der Waals surface area contributed by atoms with Gasteiger partial charge in [0.15, 0.2) is 0 Å². The van der Waals surface area contributed by atoms with E-state index in [0.29, 0.717) is 5.92 Å². The lowest BCUT2D eigenvalue weighted by Crippen LogP contribution is -1.87. The fraction of sp³-hybridized carbons (Fsp3) is 0.286. The predicted octanol–water partition coefficient (Wildman–Crippen LogP) is 4.44. The van der Waals surface area contributed by atoms with E-state index >= 15 is 0 Å². The number of hydrogen-bond acceptors (Lipinski definition) is 0. The summed E-state index contributed by atoms with van der Waals surface area (Å²) in [6, 6.07) is 0. The van der Waals surface area contributed by atoms with Gasteiger partial charge in [-0.05, 0) is 25.3 Å². The van der Waals surface area contributed by atoms with Crippen LogP contribution < -0.4 is 0 Å². The van der Waals surface area contributed by atoms with Gasteiger partial charge in [0.25, 0.3) is 0 Å². The average Bonchev–Trinajstić information content (AvgIpc) is 2.11. The first-order valence-electron chi connectivity index (χ1n) is 4.80. The standard InChI is InChI=1S/C14H20/c1-11(2)13(5)9-7-8-10-14(6)12(3)4/h7-10,14H,1,3,5H2,2,4,6H3/b9-7-,10-8-. The van der Waals surface area contributed by atoms with Gasteiger partial charge in [-0.2, -0.15) is 0 Å². The molecule has 76 valence electrons. The molecular formula is C14H20. The molecule has 0 bridgehead atoms. The minimum atomic E-state index is 0.428. The Balaban J connectivity index is 4.11. The smallest absolute Gasteiger partial charge is 0.00540 e. The van der Waals surface area contributed by atoms with Crippen molar-refractivity contribution in [2.24, 2.45) is 5.92 Å². The lowest BCUT2D eigenvalue weighted by molar-refractivity contribution is 0.868. The quantitative estimate of drug-likeness (QED) is 0.442. The molecule has 0 aliphatic heterocycles. The fourth-order valence-electron chi connectivity index (χ4n) is 0.709. The highest BCUT2D eigenvalue weighted by Crippen LogP contribution is 2.09. The molecular weight excluding hydrogens is 168 g/mol. The van der Waals surface area contributed by atoms with Crippen LogP contribution >= 0.6 is 0 Å². The molecule has 0 aliphatic rings. The van der Waals surface area contributed by atoms with Crippen molar-refractivity contribution >= 4 is 0 Å². The highest BCUT2D eigenvalue weighted by Gasteiger charge is 1.93. The molecule has 0 aliphatic carbocycles. The van der Waals surface area contributed by atoms with Crippen molar-refractivity contribution in [1.82, 2.24) is 0 Å². The molecule has 0 nitrogen and oxygen atoms in total. The van der Waals surface area contributed by atoms with Gasteiger partial charge in [0.2, 0.25) is 0 Å². The van der Waals surface area contributed by atoms with Crippen molar-refractivity contribution in [3.8, 4) is 0 Å². The lowest BCUT2D eigenvalue weighted by Gasteiger charge is -2.02. The summed E-state index contributed by atoms with van der Waals surface area (Å²) in [5, 5.41) is 0. The first kappa shape index (κ1) is 12.7. The van der Waals surface area contributed by atoms with Gasteiger partial charge in [-0.3, -0.25) is 0 Å². The molecule has 0 heterocycles. The van der Waals surface area contributed by atoms with Crippen molar-refractivity contribution in [2.45, 2.75) is 20.8 Å². The van der Waals surface area contributed by atoms with Gasteiger partial charge in [-0.25, -0.2) is 0 Å². The van der Waals surface area contributed by atoms with E-state index in [4.69, 9.17) is 0 Å². The summed E-state index contributed by atoms with van der Waals surface area (Å²) < 4.78 is 0. The second kappa shape index (κ2) is 6.20. The Hall–Kier alpha value is -1.30. The van der Waals surface area contributed by atoms with Crippen molar-refractivity contribution in [1.29, 1.82) is 0 Å². The molecule has 0 aromatic heterocycles. The van der Waals surface area contributed by atoms with Crippen molar-refractivity contribution < 1.29 is 0 Å². The predicted molar refractivity (Wildman–Crippen MR) is 66.2 cm³/mol. The molecule has 1 atom stereocenters. The summed E-state index contributed by atoms with van der Waals surface area (Å²) in [5.74, 6) is 0.428. The van der Waals surface area contributed by atoms with Gasteiger partial charge >= 0.3 is 0 Å². The van der Waals surface area contributed by atoms with Crippen LogP contribution in [0.25, 0.3) is 0 Å². The summed E-state index contributed by atoms with van der Waals surface area (Å²) in [7, 11) is 0. The summed E-state index contributed by atoms with van der Waals surface area (Å²) in [5.41, 5.74) is 3.15. The third-order valence-electron chi connectivity index (χ3n) is 2.13. The molecule has 1 unspecified atom stereocenters. The van der Waals surface area contributed by atoms with E-state index < -0.39 is 0 Å². The fourth-order valence-corrected chi connectivity index (χ4v) is 0.709. The van der Waals surface area contributed by atoms with Gasteiger partial charge < -0.3 is 0 Å². The SMILES string of the molecule is C=C(C)C(=C)/C=C\C=C/C(C)C(=C)C. The van der Waals surface area contributed by atoms with Crippen LogP contribution in [0.1, 0.15) is 20.8 Å². The van der Waals surface area contributed by atoms with Crippen molar-refractivity contribution in [3.63, 3.8) is 0 Å². The average molecular weight is 188 g/mol. The maximum atomic E-state index is 3.89. The lowest BCUT2D eigenvalue weighted by atomic mass is 10.0. The molecule has 0 aromatic rings. The molecule has 0 radical (unpaired) electrons. The third kappa shape index (κ3) is 5.36. The number of rotatable bonds is 5. The van der Waals surface area contributed by atoms with E-state index in [-0.39, 0.29) is 0 Å².